The summed E-state index contributed by atoms with van der Waals surface area (Å²) in [5.74, 6) is -0.139. The fraction of sp³-hybridized carbons (Fsp3) is 0.658. The molecule has 2 aliphatic carbocycles. The average molecular weight is 762 g/mol. The van der Waals surface area contributed by atoms with Crippen molar-refractivity contribution in [3.05, 3.63) is 58.1 Å². The number of fused-ring (bicyclic) bond motifs is 4. The largest absolute Gasteiger partial charge is 0.490 e. The smallest absolute Gasteiger partial charge is 0.264 e. The summed E-state index contributed by atoms with van der Waals surface area (Å²) in [5, 5.41) is 12.2. The van der Waals surface area contributed by atoms with Crippen LogP contribution < -0.4 is 14.4 Å². The Bertz CT molecular complexity index is 1890. The molecule has 0 unspecified atom stereocenters. The predicted molar refractivity (Wildman–Crippen MR) is 200 cm³/mol. The van der Waals surface area contributed by atoms with Crippen LogP contribution in [0.15, 0.2) is 36.4 Å². The first-order chi connectivity index (χ1) is 24.1. The summed E-state index contributed by atoms with van der Waals surface area (Å²) >= 11 is 6.45. The van der Waals surface area contributed by atoms with E-state index >= 15 is 0 Å². The van der Waals surface area contributed by atoms with Gasteiger partial charge >= 0.3 is 0 Å². The minimum Gasteiger partial charge on any atom is -0.490 e. The predicted octanol–water partition coefficient (Wildman–Crippen LogP) is 4.96. The van der Waals surface area contributed by atoms with Crippen LogP contribution in [0.2, 0.25) is 5.02 Å². The number of sulfone groups is 1. The van der Waals surface area contributed by atoms with Crippen molar-refractivity contribution in [3.63, 3.8) is 0 Å². The van der Waals surface area contributed by atoms with Gasteiger partial charge in [0.15, 0.2) is 9.84 Å². The molecule has 1 saturated heterocycles. The van der Waals surface area contributed by atoms with Gasteiger partial charge in [-0.05, 0) is 124 Å². The number of anilines is 1. The number of nitrogens with one attached hydrogen (secondary N) is 1. The van der Waals surface area contributed by atoms with E-state index in [9.17, 15) is 26.7 Å². The summed E-state index contributed by atoms with van der Waals surface area (Å²) in [6, 6.07) is 11.3. The van der Waals surface area contributed by atoms with E-state index in [0.29, 0.717) is 75.8 Å². The minimum absolute atomic E-state index is 0.0216. The number of carbonyl (C=O) groups excluding carboxylic acids is 1. The lowest BCUT2D eigenvalue weighted by atomic mass is 9.62. The topological polar surface area (TPSA) is 133 Å². The van der Waals surface area contributed by atoms with Gasteiger partial charge in [0.05, 0.1) is 28.4 Å². The van der Waals surface area contributed by atoms with Crippen LogP contribution in [-0.4, -0.2) is 94.4 Å². The Morgan fingerprint density at radius 1 is 1.04 bits per heavy atom. The van der Waals surface area contributed by atoms with Crippen LogP contribution in [0, 0.1) is 17.8 Å². The summed E-state index contributed by atoms with van der Waals surface area (Å²) in [7, 11) is -7.19. The number of amides is 1. The minimum atomic E-state index is -4.00. The van der Waals surface area contributed by atoms with Crippen LogP contribution >= 0.6 is 11.6 Å². The van der Waals surface area contributed by atoms with Gasteiger partial charge in [0.25, 0.3) is 5.91 Å². The van der Waals surface area contributed by atoms with Crippen LogP contribution in [0.5, 0.6) is 5.75 Å². The second-order valence-electron chi connectivity index (χ2n) is 16.4. The Hall–Kier alpha value is -2.38. The van der Waals surface area contributed by atoms with Gasteiger partial charge in [0.2, 0.25) is 10.0 Å². The molecule has 10 nitrogen and oxygen atoms in total. The van der Waals surface area contributed by atoms with E-state index in [-0.39, 0.29) is 28.7 Å². The molecule has 0 aromatic heterocycles. The molecular weight excluding hydrogens is 710 g/mol. The Morgan fingerprint density at radius 2 is 1.84 bits per heavy atom. The van der Waals surface area contributed by atoms with E-state index in [4.69, 9.17) is 16.3 Å². The van der Waals surface area contributed by atoms with E-state index in [2.05, 4.69) is 26.7 Å². The van der Waals surface area contributed by atoms with E-state index in [1.54, 1.807) is 25.1 Å². The maximum Gasteiger partial charge on any atom is 0.264 e. The average Bonchev–Trinajstić information content (AvgIpc) is 3.47. The normalized spacial score (nSPS) is 34.4. The van der Waals surface area contributed by atoms with Crippen LogP contribution in [0.25, 0.3) is 0 Å². The van der Waals surface area contributed by atoms with Gasteiger partial charge in [-0.1, -0.05) is 31.0 Å². The van der Waals surface area contributed by atoms with E-state index in [1.807, 2.05) is 13.0 Å². The lowest BCUT2D eigenvalue weighted by Crippen LogP contribution is -2.56. The second kappa shape index (κ2) is 13.8. The second-order valence-corrected chi connectivity index (χ2v) is 21.2. The highest BCUT2D eigenvalue weighted by Crippen LogP contribution is 2.49. The third-order valence-corrected chi connectivity index (χ3v) is 16.7. The SMILES string of the molecule is C[C@@H]1[C@@H](C)CCC[C@](O)(CN2CC[C@H](S(C)(=O)=O)C2)[C@@H]2CC[C@H]2CN2C[C@@]3(CCCc4cc(Cl)ccc43)COc3ccc(cc32)C(=O)NS1(=O)=O. The summed E-state index contributed by atoms with van der Waals surface area (Å²) < 4.78 is 60.8. The highest BCUT2D eigenvalue weighted by Gasteiger charge is 2.50. The van der Waals surface area contributed by atoms with Crippen molar-refractivity contribution in [3.8, 4) is 5.75 Å². The van der Waals surface area contributed by atoms with Crippen molar-refractivity contribution in [1.29, 1.82) is 0 Å². The molecule has 0 radical (unpaired) electrons. The molecule has 3 aliphatic heterocycles. The zero-order valence-corrected chi connectivity index (χ0v) is 32.3. The molecule has 2 aromatic rings. The van der Waals surface area contributed by atoms with Gasteiger partial charge in [-0.25, -0.2) is 21.6 Å². The number of nitrogens with zero attached hydrogens (tertiary/aromatic N) is 2. The zero-order chi connectivity index (χ0) is 36.3. The van der Waals surface area contributed by atoms with Crippen molar-refractivity contribution in [2.24, 2.45) is 17.8 Å². The fourth-order valence-electron chi connectivity index (χ4n) is 9.64. The van der Waals surface area contributed by atoms with Crippen LogP contribution in [0.1, 0.15) is 86.7 Å². The first-order valence-electron chi connectivity index (χ1n) is 18.6. The number of aliphatic hydroxyl groups is 1. The summed E-state index contributed by atoms with van der Waals surface area (Å²) in [6.07, 6.45) is 8.16. The lowest BCUT2D eigenvalue weighted by molar-refractivity contribution is -0.103. The Balaban J connectivity index is 1.28. The Morgan fingerprint density at radius 3 is 2.57 bits per heavy atom. The third kappa shape index (κ3) is 7.29. The van der Waals surface area contributed by atoms with Gasteiger partial charge in [-0.3, -0.25) is 9.69 Å². The molecule has 1 saturated carbocycles. The van der Waals surface area contributed by atoms with Crippen LogP contribution in [-0.2, 0) is 31.7 Å². The molecule has 7 rings (SSSR count). The van der Waals surface area contributed by atoms with Gasteiger partial charge in [0.1, 0.15) is 5.75 Å². The van der Waals surface area contributed by atoms with Crippen molar-refractivity contribution in [2.45, 2.75) is 93.2 Å². The number of hydrogen-bond acceptors (Lipinski definition) is 9. The maximum atomic E-state index is 13.6. The molecule has 2 aromatic carbocycles. The molecule has 1 amide bonds. The van der Waals surface area contributed by atoms with Crippen molar-refractivity contribution < 1.29 is 31.5 Å². The molecule has 1 spiro atoms. The monoisotopic (exact) mass is 761 g/mol. The molecule has 13 heteroatoms. The van der Waals surface area contributed by atoms with Crippen molar-refractivity contribution in [2.75, 3.05) is 50.5 Å². The van der Waals surface area contributed by atoms with E-state index in [0.717, 1.165) is 37.8 Å². The maximum absolute atomic E-state index is 13.6. The van der Waals surface area contributed by atoms with Crippen molar-refractivity contribution >= 4 is 43.1 Å². The first-order valence-corrected chi connectivity index (χ1v) is 22.5. The van der Waals surface area contributed by atoms with Crippen LogP contribution in [0.4, 0.5) is 5.69 Å². The molecule has 280 valence electrons. The Kier molecular flexibility index (Phi) is 10.00. The molecular formula is C38H52ClN3O7S2. The lowest BCUT2D eigenvalue weighted by Gasteiger charge is -2.51. The highest BCUT2D eigenvalue weighted by atomic mass is 35.5. The zero-order valence-electron chi connectivity index (χ0n) is 29.9. The molecule has 51 heavy (non-hydrogen) atoms. The number of benzene rings is 2. The number of carbonyl (C=O) groups is 1. The highest BCUT2D eigenvalue weighted by molar-refractivity contribution is 7.91. The number of β-amino-alcohol motifs (C(OH)–C–C–N with tert-alkyl or cyclic N) is 1. The molecule has 3 heterocycles. The fourth-order valence-corrected chi connectivity index (χ4v) is 12.2. The standard InChI is InChI=1S/C38H52ClN3O7S2/c1-25-6-4-16-38(44,23-41-17-14-31(21-41)50(3,45)46)33-11-8-29(33)20-42-22-37(15-5-7-27-18-30(39)10-12-32(27)37)24-49-35-13-9-28(19-34(35)42)36(43)40-51(47,48)26(25)2/h9-10,12-13,18-19,25-26,29,31,33,44H,4-8,11,14-17,20-24H2,1-3H3,(H,40,43)/t25-,26+,29-,31-,33+,37-,38-/m0/s1. The number of likely N-dealkylation sites (tertiary alicyclic amines) is 1. The number of sulfonamides is 1. The number of ether oxygens (including phenoxy) is 1. The molecule has 2 bridgehead atoms. The van der Waals surface area contributed by atoms with Gasteiger partial charge in [-0.15, -0.1) is 0 Å². The van der Waals surface area contributed by atoms with Gasteiger partial charge in [0, 0.05) is 48.4 Å². The third-order valence-electron chi connectivity index (χ3n) is 13.0. The Labute approximate surface area is 308 Å². The van der Waals surface area contributed by atoms with E-state index < -0.39 is 41.9 Å². The summed E-state index contributed by atoms with van der Waals surface area (Å²) in [6.45, 7) is 6.66. The number of aryl methyl sites for hydroxylation is 1. The van der Waals surface area contributed by atoms with Crippen molar-refractivity contribution in [1.82, 2.24) is 9.62 Å². The number of halogens is 1. The number of hydrogen-bond donors (Lipinski definition) is 2. The molecule has 2 N–H and O–H groups in total. The van der Waals surface area contributed by atoms with Gasteiger partial charge < -0.3 is 14.7 Å². The quantitative estimate of drug-likeness (QED) is 0.446. The molecule has 2 fully saturated rings. The summed E-state index contributed by atoms with van der Waals surface area (Å²) in [4.78, 5) is 18.0. The number of rotatable bonds is 3. The molecule has 7 atom stereocenters. The van der Waals surface area contributed by atoms with Gasteiger partial charge in [-0.2, -0.15) is 0 Å². The summed E-state index contributed by atoms with van der Waals surface area (Å²) in [5.41, 5.74) is 2.04. The van der Waals surface area contributed by atoms with E-state index in [1.165, 1.54) is 17.4 Å². The van der Waals surface area contributed by atoms with Crippen LogP contribution in [0.3, 0.4) is 0 Å². The molecule has 5 aliphatic rings. The first kappa shape index (κ1) is 37.0.